The molecule has 1 saturated carbocycles. The zero-order valence-electron chi connectivity index (χ0n) is 37.3. The lowest BCUT2D eigenvalue weighted by Crippen LogP contribution is -2.34. The summed E-state index contributed by atoms with van der Waals surface area (Å²) in [5.41, 5.74) is 5.32. The molecule has 7 N–H and O–H groups in total. The third kappa shape index (κ3) is 29.4. The number of carbonyl (C=O) groups is 4. The molecule has 62 heavy (non-hydrogen) atoms. The van der Waals surface area contributed by atoms with Crippen molar-refractivity contribution in [1.29, 1.82) is 0 Å². The Hall–Kier alpha value is -3.01. The van der Waals surface area contributed by atoms with E-state index >= 15 is 0 Å². The highest BCUT2D eigenvalue weighted by Gasteiger charge is 2.41. The first-order chi connectivity index (χ1) is 29.7. The summed E-state index contributed by atoms with van der Waals surface area (Å²) in [6.45, 7) is 2.25. The Morgan fingerprint density at radius 2 is 1.31 bits per heavy atom. The zero-order chi connectivity index (χ0) is 46.0. The Labute approximate surface area is 369 Å². The van der Waals surface area contributed by atoms with Gasteiger partial charge in [0.05, 0.1) is 31.5 Å². The van der Waals surface area contributed by atoms with E-state index in [9.17, 15) is 44.0 Å². The number of carboxylic acid groups (broad SMARTS) is 1. The van der Waals surface area contributed by atoms with Crippen LogP contribution in [0.1, 0.15) is 155 Å². The van der Waals surface area contributed by atoms with Crippen molar-refractivity contribution < 1.29 is 67.6 Å². The molecule has 0 bridgehead atoms. The van der Waals surface area contributed by atoms with Crippen molar-refractivity contribution in [1.82, 2.24) is 0 Å². The highest BCUT2D eigenvalue weighted by molar-refractivity contribution is 7.47. The fraction of sp³-hybridized carbons (Fsp3) is 0.739. The normalized spacial score (nSPS) is 20.6. The van der Waals surface area contributed by atoms with E-state index in [0.717, 1.165) is 38.5 Å². The van der Waals surface area contributed by atoms with E-state index < -0.39 is 87.8 Å². The van der Waals surface area contributed by atoms with Crippen LogP contribution in [-0.4, -0.2) is 99.3 Å². The molecule has 0 aromatic rings. The number of rotatable bonds is 38. The first kappa shape index (κ1) is 57.0. The third-order valence-electron chi connectivity index (χ3n) is 10.5. The molecular formula is C46H78NO14P. The van der Waals surface area contributed by atoms with Crippen molar-refractivity contribution in [3.05, 3.63) is 48.6 Å². The van der Waals surface area contributed by atoms with E-state index in [1.807, 2.05) is 12.2 Å². The average Bonchev–Trinajstić information content (AvgIpc) is 3.49. The molecule has 1 fully saturated rings. The van der Waals surface area contributed by atoms with Gasteiger partial charge in [0.15, 0.2) is 6.10 Å². The lowest BCUT2D eigenvalue weighted by Gasteiger charge is -2.20. The summed E-state index contributed by atoms with van der Waals surface area (Å²) in [5, 5.41) is 40.2. The average molecular weight is 900 g/mol. The van der Waals surface area contributed by atoms with Crippen molar-refractivity contribution in [2.45, 2.75) is 186 Å². The van der Waals surface area contributed by atoms with E-state index in [1.54, 1.807) is 12.2 Å². The minimum Gasteiger partial charge on any atom is -0.480 e. The number of carbonyl (C=O) groups excluding carboxylic acids is 3. The minimum atomic E-state index is -4.82. The number of hydrogen-bond acceptors (Lipinski definition) is 13. The van der Waals surface area contributed by atoms with Gasteiger partial charge in [-0.2, -0.15) is 0 Å². The number of nitrogens with two attached hydrogens (primary N) is 1. The van der Waals surface area contributed by atoms with E-state index in [4.69, 9.17) is 24.8 Å². The number of aliphatic hydroxyl groups is 3. The Morgan fingerprint density at radius 3 is 1.98 bits per heavy atom. The van der Waals surface area contributed by atoms with Crippen LogP contribution in [0, 0.1) is 11.8 Å². The van der Waals surface area contributed by atoms with Gasteiger partial charge in [-0.3, -0.25) is 28.2 Å². The molecule has 356 valence electrons. The van der Waals surface area contributed by atoms with Gasteiger partial charge in [-0.25, -0.2) is 4.57 Å². The summed E-state index contributed by atoms with van der Waals surface area (Å²) in [7, 11) is -4.82. The maximum Gasteiger partial charge on any atom is 0.472 e. The highest BCUT2D eigenvalue weighted by Crippen LogP contribution is 2.43. The number of phosphoric ester groups is 1. The molecule has 0 saturated heterocycles. The number of allylic oxidation sites excluding steroid dienone is 6. The Balaban J connectivity index is 2.54. The van der Waals surface area contributed by atoms with Crippen LogP contribution >= 0.6 is 7.82 Å². The topological polar surface area (TPSA) is 249 Å². The number of aliphatic carboxylic acids is 1. The fourth-order valence-corrected chi connectivity index (χ4v) is 7.62. The summed E-state index contributed by atoms with van der Waals surface area (Å²) in [6, 6.07) is -1.59. The molecule has 0 spiro atoms. The molecule has 0 aliphatic heterocycles. The van der Waals surface area contributed by atoms with Crippen molar-refractivity contribution in [2.75, 3.05) is 19.8 Å². The van der Waals surface area contributed by atoms with Crippen LogP contribution in [0.3, 0.4) is 0 Å². The summed E-state index contributed by atoms with van der Waals surface area (Å²) in [6.07, 6.45) is 28.2. The van der Waals surface area contributed by atoms with Crippen molar-refractivity contribution in [2.24, 2.45) is 17.6 Å². The summed E-state index contributed by atoms with van der Waals surface area (Å²) in [4.78, 5) is 59.0. The molecule has 1 rings (SSSR count). The molecule has 8 atom stereocenters. The number of unbranched alkanes of at least 4 members (excludes halogenated alkanes) is 10. The molecule has 0 heterocycles. The summed E-state index contributed by atoms with van der Waals surface area (Å²) < 4.78 is 32.5. The van der Waals surface area contributed by atoms with Gasteiger partial charge in [-0.1, -0.05) is 114 Å². The minimum absolute atomic E-state index is 0.0116. The van der Waals surface area contributed by atoms with Gasteiger partial charge in [0, 0.05) is 43.9 Å². The van der Waals surface area contributed by atoms with Crippen molar-refractivity contribution >= 4 is 31.5 Å². The molecule has 16 heteroatoms. The van der Waals surface area contributed by atoms with Gasteiger partial charge in [-0.05, 0) is 57.8 Å². The smallest absolute Gasteiger partial charge is 0.472 e. The Kier molecular flexibility index (Phi) is 32.5. The van der Waals surface area contributed by atoms with Crippen LogP contribution in [0.5, 0.6) is 0 Å². The van der Waals surface area contributed by atoms with Gasteiger partial charge >= 0.3 is 25.7 Å². The van der Waals surface area contributed by atoms with Crippen LogP contribution in [-0.2, 0) is 42.3 Å². The van der Waals surface area contributed by atoms with E-state index in [2.05, 4.69) is 42.7 Å². The first-order valence-electron chi connectivity index (χ1n) is 22.8. The maximum absolute atomic E-state index is 12.8. The predicted molar refractivity (Wildman–Crippen MR) is 238 cm³/mol. The molecule has 0 amide bonds. The van der Waals surface area contributed by atoms with E-state index in [-0.39, 0.29) is 44.3 Å². The number of carboxylic acids is 1. The van der Waals surface area contributed by atoms with Crippen molar-refractivity contribution in [3.8, 4) is 0 Å². The standard InChI is InChI=1S/C46H78NO14P/c1-3-5-7-8-9-10-11-12-13-14-15-16-17-18-19-20-22-28-45(53)61-38(34-59-62(56,57)60-35-41(47)46(54)55)33-58-44(52)27-24-23-26-37(49)31-40-39(42(50)32-43(40)51)30-29-36(48)25-21-6-4-2/h12-13,15-16,18-19,29-30,36,38-43,48,50-51H,3-11,14,17,20-28,31-35,47H2,1-2H3,(H,54,55)(H,56,57)/b13-12-,16-15-,19-18-,30-29+/t36-,38+,39+,40+,41-,42+,43-/m0/s1. The van der Waals surface area contributed by atoms with Crippen LogP contribution in [0.15, 0.2) is 48.6 Å². The fourth-order valence-electron chi connectivity index (χ4n) is 6.84. The highest BCUT2D eigenvalue weighted by atomic mass is 31.2. The molecule has 1 unspecified atom stereocenters. The number of ether oxygens (including phenoxy) is 2. The van der Waals surface area contributed by atoms with Crippen LogP contribution < -0.4 is 5.73 Å². The number of hydrogen-bond donors (Lipinski definition) is 6. The number of Topliss-reactive ketones (excluding diaryl/α,β-unsaturated/α-hetero) is 1. The number of esters is 2. The second kappa shape index (κ2) is 35.4. The Morgan fingerprint density at radius 1 is 0.726 bits per heavy atom. The second-order valence-corrected chi connectivity index (χ2v) is 17.6. The van der Waals surface area contributed by atoms with Crippen molar-refractivity contribution in [3.63, 3.8) is 0 Å². The van der Waals surface area contributed by atoms with Gasteiger partial charge in [0.2, 0.25) is 0 Å². The lowest BCUT2D eigenvalue weighted by atomic mass is 9.87. The summed E-state index contributed by atoms with van der Waals surface area (Å²) in [5.74, 6) is -3.87. The lowest BCUT2D eigenvalue weighted by molar-refractivity contribution is -0.161. The molecule has 0 radical (unpaired) electrons. The Bertz CT molecular complexity index is 1420. The monoisotopic (exact) mass is 900 g/mol. The third-order valence-corrected chi connectivity index (χ3v) is 11.5. The maximum atomic E-state index is 12.8. The van der Waals surface area contributed by atoms with Gasteiger partial charge in [0.25, 0.3) is 0 Å². The van der Waals surface area contributed by atoms with E-state index in [1.165, 1.54) is 38.5 Å². The second-order valence-electron chi connectivity index (χ2n) is 16.1. The quantitative estimate of drug-likeness (QED) is 0.0150. The van der Waals surface area contributed by atoms with Crippen LogP contribution in [0.25, 0.3) is 0 Å². The van der Waals surface area contributed by atoms with Gasteiger partial charge < -0.3 is 40.5 Å². The molecule has 1 aliphatic rings. The zero-order valence-corrected chi connectivity index (χ0v) is 38.2. The van der Waals surface area contributed by atoms with Gasteiger partial charge in [0.1, 0.15) is 18.4 Å². The van der Waals surface area contributed by atoms with Crippen LogP contribution in [0.4, 0.5) is 0 Å². The molecule has 1 aliphatic carbocycles. The van der Waals surface area contributed by atoms with E-state index in [0.29, 0.717) is 25.7 Å². The van der Waals surface area contributed by atoms with Crippen LogP contribution in [0.2, 0.25) is 0 Å². The molecule has 15 nitrogen and oxygen atoms in total. The van der Waals surface area contributed by atoms with Gasteiger partial charge in [-0.15, -0.1) is 0 Å². The summed E-state index contributed by atoms with van der Waals surface area (Å²) >= 11 is 0. The predicted octanol–water partition coefficient (Wildman–Crippen LogP) is 7.73. The number of ketones is 1. The molecule has 0 aromatic carbocycles. The number of phosphoric acid groups is 1. The SMILES string of the molecule is CCCCCCCC/C=C\C/C=C\C/C=C\CCCC(=O)O[C@H](COC(=O)CCCCC(=O)C[C@@H]1[C@@H](/C=C/[C@@H](O)CCCCC)[C@H](O)C[C@@H]1O)COP(=O)(O)OC[C@H](N)C(=O)O. The molecular weight excluding hydrogens is 821 g/mol. The molecule has 0 aromatic heterocycles. The first-order valence-corrected chi connectivity index (χ1v) is 24.3. The number of aliphatic hydroxyl groups excluding tert-OH is 3. The largest absolute Gasteiger partial charge is 0.480 e.